The van der Waals surface area contributed by atoms with E-state index < -0.39 is 11.4 Å². The number of carboxylic acid groups (broad SMARTS) is 1. The van der Waals surface area contributed by atoms with Gasteiger partial charge in [-0.15, -0.1) is 0 Å². The highest BCUT2D eigenvalue weighted by atomic mass is 16.4. The van der Waals surface area contributed by atoms with Crippen LogP contribution in [0.1, 0.15) is 46.5 Å². The molecule has 3 nitrogen and oxygen atoms in total. The van der Waals surface area contributed by atoms with Gasteiger partial charge in [-0.2, -0.15) is 0 Å². The van der Waals surface area contributed by atoms with E-state index in [0.29, 0.717) is 5.92 Å². The summed E-state index contributed by atoms with van der Waals surface area (Å²) in [7, 11) is 0. The van der Waals surface area contributed by atoms with Crippen LogP contribution in [0.15, 0.2) is 0 Å². The van der Waals surface area contributed by atoms with E-state index in [9.17, 15) is 9.90 Å². The second-order valence-corrected chi connectivity index (χ2v) is 5.52. The van der Waals surface area contributed by atoms with Crippen LogP contribution in [-0.2, 0) is 4.79 Å². The van der Waals surface area contributed by atoms with E-state index in [1.165, 1.54) is 12.8 Å². The van der Waals surface area contributed by atoms with Crippen molar-refractivity contribution in [2.75, 3.05) is 19.6 Å². The van der Waals surface area contributed by atoms with E-state index in [1.54, 1.807) is 0 Å². The van der Waals surface area contributed by atoms with Crippen molar-refractivity contribution < 1.29 is 9.90 Å². The number of aliphatic carboxylic acids is 1. The Morgan fingerprint density at radius 2 is 2.19 bits per heavy atom. The highest BCUT2D eigenvalue weighted by Crippen LogP contribution is 2.34. The summed E-state index contributed by atoms with van der Waals surface area (Å²) < 4.78 is 0. The third-order valence-corrected chi connectivity index (χ3v) is 3.91. The van der Waals surface area contributed by atoms with Crippen molar-refractivity contribution in [3.05, 3.63) is 0 Å². The fourth-order valence-electron chi connectivity index (χ4n) is 2.40. The van der Waals surface area contributed by atoms with Crippen LogP contribution in [0.4, 0.5) is 0 Å². The number of likely N-dealkylation sites (tertiary alicyclic amines) is 1. The molecule has 1 atom stereocenters. The molecule has 1 saturated heterocycles. The maximum atomic E-state index is 11.2. The molecule has 1 aliphatic rings. The molecule has 94 valence electrons. The maximum absolute atomic E-state index is 11.2. The Kier molecular flexibility index (Phi) is 4.78. The Morgan fingerprint density at radius 1 is 1.50 bits per heavy atom. The minimum atomic E-state index is -0.658. The first-order chi connectivity index (χ1) is 7.48. The van der Waals surface area contributed by atoms with Crippen molar-refractivity contribution in [2.24, 2.45) is 11.3 Å². The lowest BCUT2D eigenvalue weighted by Crippen LogP contribution is -2.44. The first-order valence-corrected chi connectivity index (χ1v) is 6.44. The van der Waals surface area contributed by atoms with Crippen LogP contribution in [0.25, 0.3) is 0 Å². The van der Waals surface area contributed by atoms with Crippen LogP contribution in [-0.4, -0.2) is 35.6 Å². The van der Waals surface area contributed by atoms with Gasteiger partial charge in [0.25, 0.3) is 0 Å². The first-order valence-electron chi connectivity index (χ1n) is 6.44. The number of hydrogen-bond donors (Lipinski definition) is 1. The summed E-state index contributed by atoms with van der Waals surface area (Å²) in [4.78, 5) is 13.7. The summed E-state index contributed by atoms with van der Waals surface area (Å²) in [5, 5.41) is 9.24. The molecule has 0 amide bonds. The molecule has 0 radical (unpaired) electrons. The van der Waals surface area contributed by atoms with E-state index >= 15 is 0 Å². The van der Waals surface area contributed by atoms with Crippen LogP contribution in [0.2, 0.25) is 0 Å². The first kappa shape index (κ1) is 13.5. The second kappa shape index (κ2) is 5.67. The molecule has 1 fully saturated rings. The van der Waals surface area contributed by atoms with Gasteiger partial charge in [-0.3, -0.25) is 4.79 Å². The fourth-order valence-corrected chi connectivity index (χ4v) is 2.40. The van der Waals surface area contributed by atoms with Crippen molar-refractivity contribution in [1.29, 1.82) is 0 Å². The molecule has 0 spiro atoms. The van der Waals surface area contributed by atoms with Crippen LogP contribution < -0.4 is 0 Å². The average molecular weight is 227 g/mol. The molecule has 1 rings (SSSR count). The zero-order valence-electron chi connectivity index (χ0n) is 10.8. The summed E-state index contributed by atoms with van der Waals surface area (Å²) in [6.45, 7) is 9.16. The van der Waals surface area contributed by atoms with Gasteiger partial charge in [-0.1, -0.05) is 13.3 Å². The normalized spacial score (nSPS) is 23.3. The molecule has 0 aromatic rings. The predicted octanol–water partition coefficient (Wildman–Crippen LogP) is 2.61. The van der Waals surface area contributed by atoms with Gasteiger partial charge in [0.2, 0.25) is 0 Å². The second-order valence-electron chi connectivity index (χ2n) is 5.52. The van der Waals surface area contributed by atoms with E-state index in [-0.39, 0.29) is 0 Å². The van der Waals surface area contributed by atoms with Crippen molar-refractivity contribution >= 4 is 5.97 Å². The molecule has 0 saturated carbocycles. The Morgan fingerprint density at radius 3 is 2.75 bits per heavy atom. The number of unbranched alkanes of at least 4 members (excludes halogenated alkanes) is 1. The maximum Gasteiger partial charge on any atom is 0.309 e. The largest absolute Gasteiger partial charge is 0.481 e. The van der Waals surface area contributed by atoms with E-state index in [2.05, 4.69) is 11.8 Å². The van der Waals surface area contributed by atoms with Gasteiger partial charge >= 0.3 is 5.97 Å². The Labute approximate surface area is 98.8 Å². The average Bonchev–Trinajstić information content (AvgIpc) is 2.26. The number of carbonyl (C=O) groups is 1. The zero-order chi connectivity index (χ0) is 12.2. The minimum Gasteiger partial charge on any atom is -0.481 e. The number of rotatable bonds is 5. The van der Waals surface area contributed by atoms with Crippen molar-refractivity contribution in [1.82, 2.24) is 4.90 Å². The summed E-state index contributed by atoms with van der Waals surface area (Å²) >= 11 is 0. The van der Waals surface area contributed by atoms with Gasteiger partial charge in [0.15, 0.2) is 0 Å². The van der Waals surface area contributed by atoms with E-state index in [0.717, 1.165) is 32.5 Å². The molecule has 0 aliphatic carbocycles. The lowest BCUT2D eigenvalue weighted by Gasteiger charge is -2.39. The highest BCUT2D eigenvalue weighted by Gasteiger charge is 2.38. The lowest BCUT2D eigenvalue weighted by atomic mass is 9.74. The summed E-state index contributed by atoms with van der Waals surface area (Å²) in [6, 6.07) is 0. The van der Waals surface area contributed by atoms with Crippen molar-refractivity contribution in [3.8, 4) is 0 Å². The molecule has 3 heteroatoms. The molecule has 1 N–H and O–H groups in total. The number of hydrogen-bond acceptors (Lipinski definition) is 2. The monoisotopic (exact) mass is 227 g/mol. The fraction of sp³-hybridized carbons (Fsp3) is 0.923. The molecule has 1 unspecified atom stereocenters. The van der Waals surface area contributed by atoms with Crippen molar-refractivity contribution in [2.45, 2.75) is 46.5 Å². The van der Waals surface area contributed by atoms with Gasteiger partial charge in [-0.05, 0) is 52.1 Å². The SMILES string of the molecule is CCCCN1CCCC(C(C)(C)C(=O)O)C1. The molecular weight excluding hydrogens is 202 g/mol. The Hall–Kier alpha value is -0.570. The van der Waals surface area contributed by atoms with Crippen LogP contribution in [0.5, 0.6) is 0 Å². The molecule has 0 aromatic heterocycles. The Balaban J connectivity index is 2.53. The van der Waals surface area contributed by atoms with Gasteiger partial charge in [0.1, 0.15) is 0 Å². The summed E-state index contributed by atoms with van der Waals surface area (Å²) in [6.07, 6.45) is 4.64. The summed E-state index contributed by atoms with van der Waals surface area (Å²) in [5.74, 6) is -0.356. The molecular formula is C13H25NO2. The molecule has 0 aromatic carbocycles. The van der Waals surface area contributed by atoms with Gasteiger partial charge in [0.05, 0.1) is 5.41 Å². The quantitative estimate of drug-likeness (QED) is 0.785. The summed E-state index contributed by atoms with van der Waals surface area (Å²) in [5.41, 5.74) is -0.578. The van der Waals surface area contributed by atoms with Crippen molar-refractivity contribution in [3.63, 3.8) is 0 Å². The number of carboxylic acids is 1. The third kappa shape index (κ3) is 3.21. The lowest BCUT2D eigenvalue weighted by molar-refractivity contribution is -0.151. The highest BCUT2D eigenvalue weighted by molar-refractivity contribution is 5.74. The predicted molar refractivity (Wildman–Crippen MR) is 65.5 cm³/mol. The van der Waals surface area contributed by atoms with E-state index in [1.807, 2.05) is 13.8 Å². The molecule has 0 bridgehead atoms. The molecule has 1 aliphatic heterocycles. The smallest absolute Gasteiger partial charge is 0.309 e. The molecule has 16 heavy (non-hydrogen) atoms. The van der Waals surface area contributed by atoms with Gasteiger partial charge < -0.3 is 10.0 Å². The topological polar surface area (TPSA) is 40.5 Å². The van der Waals surface area contributed by atoms with E-state index in [4.69, 9.17) is 0 Å². The van der Waals surface area contributed by atoms with Gasteiger partial charge in [-0.25, -0.2) is 0 Å². The molecule has 1 heterocycles. The third-order valence-electron chi connectivity index (χ3n) is 3.91. The Bertz CT molecular complexity index is 238. The zero-order valence-corrected chi connectivity index (χ0v) is 10.8. The van der Waals surface area contributed by atoms with Crippen LogP contribution in [0, 0.1) is 11.3 Å². The minimum absolute atomic E-state index is 0.301. The number of nitrogens with zero attached hydrogens (tertiary/aromatic N) is 1. The van der Waals surface area contributed by atoms with Crippen LogP contribution >= 0.6 is 0 Å². The van der Waals surface area contributed by atoms with Crippen LogP contribution in [0.3, 0.4) is 0 Å². The standard InChI is InChI=1S/C13H25NO2/c1-4-5-8-14-9-6-7-11(10-14)13(2,3)12(15)16/h11H,4-10H2,1-3H3,(H,15,16). The van der Waals surface area contributed by atoms with Gasteiger partial charge in [0, 0.05) is 6.54 Å². The number of piperidine rings is 1.